The molecule has 0 saturated carbocycles. The Hall–Kier alpha value is -0.650. The van der Waals surface area contributed by atoms with Gasteiger partial charge in [-0.05, 0) is 26.9 Å². The van der Waals surface area contributed by atoms with Gasteiger partial charge in [0.2, 0.25) is 0 Å². The normalized spacial score (nSPS) is 20.8. The SMILES string of the molecule is CC(O)c1cnc(N2CCCN(C)CC2)s1. The minimum Gasteiger partial charge on any atom is -0.388 e. The molecule has 2 heterocycles. The zero-order valence-corrected chi connectivity index (χ0v) is 10.7. The number of anilines is 1. The molecule has 0 amide bonds. The van der Waals surface area contributed by atoms with E-state index in [2.05, 4.69) is 21.8 Å². The van der Waals surface area contributed by atoms with Gasteiger partial charge in [0, 0.05) is 25.8 Å². The number of aliphatic hydroxyl groups is 1. The van der Waals surface area contributed by atoms with Crippen LogP contribution in [0.5, 0.6) is 0 Å². The molecule has 90 valence electrons. The summed E-state index contributed by atoms with van der Waals surface area (Å²) >= 11 is 1.60. The van der Waals surface area contributed by atoms with Crippen molar-refractivity contribution in [2.45, 2.75) is 19.4 Å². The molecule has 1 fully saturated rings. The van der Waals surface area contributed by atoms with Gasteiger partial charge in [0.05, 0.1) is 11.0 Å². The summed E-state index contributed by atoms with van der Waals surface area (Å²) in [6.45, 7) is 6.13. The minimum atomic E-state index is -0.402. The summed E-state index contributed by atoms with van der Waals surface area (Å²) in [4.78, 5) is 10.0. The molecule has 0 spiro atoms. The van der Waals surface area contributed by atoms with Gasteiger partial charge in [-0.25, -0.2) is 4.98 Å². The highest BCUT2D eigenvalue weighted by atomic mass is 32.1. The van der Waals surface area contributed by atoms with Crippen LogP contribution in [-0.4, -0.2) is 48.2 Å². The highest BCUT2D eigenvalue weighted by molar-refractivity contribution is 7.15. The van der Waals surface area contributed by atoms with Crippen LogP contribution in [0, 0.1) is 0 Å². The van der Waals surface area contributed by atoms with Crippen molar-refractivity contribution in [3.63, 3.8) is 0 Å². The molecule has 2 rings (SSSR count). The molecule has 1 aromatic heterocycles. The van der Waals surface area contributed by atoms with E-state index in [1.165, 1.54) is 6.42 Å². The third-order valence-electron chi connectivity index (χ3n) is 2.91. The number of hydrogen-bond donors (Lipinski definition) is 1. The molecule has 0 aromatic carbocycles. The van der Waals surface area contributed by atoms with Crippen molar-refractivity contribution < 1.29 is 5.11 Å². The highest BCUT2D eigenvalue weighted by Gasteiger charge is 2.16. The summed E-state index contributed by atoms with van der Waals surface area (Å²) in [6, 6.07) is 0. The fraction of sp³-hybridized carbons (Fsp3) is 0.727. The summed E-state index contributed by atoms with van der Waals surface area (Å²) in [6.07, 6.45) is 2.57. The van der Waals surface area contributed by atoms with Crippen LogP contribution in [0.3, 0.4) is 0 Å². The molecule has 0 radical (unpaired) electrons. The number of aliphatic hydroxyl groups excluding tert-OH is 1. The first-order chi connectivity index (χ1) is 7.66. The van der Waals surface area contributed by atoms with E-state index < -0.39 is 6.10 Å². The van der Waals surface area contributed by atoms with Gasteiger partial charge in [-0.3, -0.25) is 0 Å². The summed E-state index contributed by atoms with van der Waals surface area (Å²) in [5, 5.41) is 10.5. The fourth-order valence-electron chi connectivity index (χ4n) is 1.85. The maximum atomic E-state index is 9.48. The molecular formula is C11H19N3OS. The van der Waals surface area contributed by atoms with Crippen molar-refractivity contribution in [3.05, 3.63) is 11.1 Å². The van der Waals surface area contributed by atoms with E-state index >= 15 is 0 Å². The van der Waals surface area contributed by atoms with Crippen molar-refractivity contribution >= 4 is 16.5 Å². The largest absolute Gasteiger partial charge is 0.388 e. The maximum Gasteiger partial charge on any atom is 0.185 e. The van der Waals surface area contributed by atoms with Crippen molar-refractivity contribution in [1.29, 1.82) is 0 Å². The quantitative estimate of drug-likeness (QED) is 0.848. The molecule has 1 unspecified atom stereocenters. The van der Waals surface area contributed by atoms with E-state index in [9.17, 15) is 5.11 Å². The van der Waals surface area contributed by atoms with Gasteiger partial charge in [0.1, 0.15) is 0 Å². The third-order valence-corrected chi connectivity index (χ3v) is 4.14. The van der Waals surface area contributed by atoms with E-state index in [-0.39, 0.29) is 0 Å². The Morgan fingerprint density at radius 2 is 2.19 bits per heavy atom. The Bertz CT molecular complexity index is 340. The van der Waals surface area contributed by atoms with Crippen LogP contribution in [-0.2, 0) is 0 Å². The number of nitrogens with zero attached hydrogens (tertiary/aromatic N) is 3. The highest BCUT2D eigenvalue weighted by Crippen LogP contribution is 2.27. The Balaban J connectivity index is 2.05. The van der Waals surface area contributed by atoms with Crippen LogP contribution >= 0.6 is 11.3 Å². The van der Waals surface area contributed by atoms with Gasteiger partial charge in [-0.15, -0.1) is 0 Å². The second kappa shape index (κ2) is 5.12. The lowest BCUT2D eigenvalue weighted by Crippen LogP contribution is -2.28. The average Bonchev–Trinajstić information content (AvgIpc) is 2.63. The van der Waals surface area contributed by atoms with Crippen LogP contribution in [0.4, 0.5) is 5.13 Å². The second-order valence-electron chi connectivity index (χ2n) is 4.37. The first kappa shape index (κ1) is 11.8. The molecule has 1 atom stereocenters. The van der Waals surface area contributed by atoms with Gasteiger partial charge < -0.3 is 14.9 Å². The van der Waals surface area contributed by atoms with Crippen molar-refractivity contribution in [2.24, 2.45) is 0 Å². The first-order valence-electron chi connectivity index (χ1n) is 5.74. The van der Waals surface area contributed by atoms with Crippen LogP contribution < -0.4 is 4.90 Å². The van der Waals surface area contributed by atoms with Gasteiger partial charge in [0.25, 0.3) is 0 Å². The van der Waals surface area contributed by atoms with Crippen molar-refractivity contribution in [3.8, 4) is 0 Å². The van der Waals surface area contributed by atoms with Crippen molar-refractivity contribution in [2.75, 3.05) is 38.1 Å². The van der Waals surface area contributed by atoms with E-state index in [0.717, 1.165) is 36.2 Å². The standard InChI is InChI=1S/C11H19N3OS/c1-9(15)10-8-12-11(16-10)14-5-3-4-13(2)6-7-14/h8-9,15H,3-7H2,1-2H3. The summed E-state index contributed by atoms with van der Waals surface area (Å²) < 4.78 is 0. The number of thiazole rings is 1. The minimum absolute atomic E-state index is 0.402. The number of likely N-dealkylation sites (N-methyl/N-ethyl adjacent to an activating group) is 1. The van der Waals surface area contributed by atoms with Gasteiger partial charge in [-0.1, -0.05) is 11.3 Å². The molecule has 1 aliphatic rings. The number of aromatic nitrogens is 1. The molecule has 5 heteroatoms. The van der Waals surface area contributed by atoms with Crippen LogP contribution in [0.1, 0.15) is 24.3 Å². The van der Waals surface area contributed by atoms with Crippen LogP contribution in [0.15, 0.2) is 6.20 Å². The van der Waals surface area contributed by atoms with E-state index in [0.29, 0.717) is 0 Å². The molecule has 16 heavy (non-hydrogen) atoms. The van der Waals surface area contributed by atoms with E-state index in [1.807, 2.05) is 0 Å². The molecule has 1 aliphatic heterocycles. The molecule has 4 nitrogen and oxygen atoms in total. The Labute approximate surface area is 101 Å². The Morgan fingerprint density at radius 1 is 1.38 bits per heavy atom. The maximum absolute atomic E-state index is 9.48. The fourth-order valence-corrected chi connectivity index (χ4v) is 2.76. The third kappa shape index (κ3) is 2.72. The molecule has 0 bridgehead atoms. The summed E-state index contributed by atoms with van der Waals surface area (Å²) in [7, 11) is 2.16. The predicted octanol–water partition coefficient (Wildman–Crippen LogP) is 1.34. The zero-order chi connectivity index (χ0) is 11.5. The van der Waals surface area contributed by atoms with Crippen LogP contribution in [0.2, 0.25) is 0 Å². The van der Waals surface area contributed by atoms with E-state index in [1.54, 1.807) is 24.5 Å². The zero-order valence-electron chi connectivity index (χ0n) is 9.89. The van der Waals surface area contributed by atoms with Gasteiger partial charge >= 0.3 is 0 Å². The summed E-state index contributed by atoms with van der Waals surface area (Å²) in [5.41, 5.74) is 0. The number of hydrogen-bond acceptors (Lipinski definition) is 5. The van der Waals surface area contributed by atoms with Gasteiger partial charge in [0.15, 0.2) is 5.13 Å². The van der Waals surface area contributed by atoms with Crippen molar-refractivity contribution in [1.82, 2.24) is 9.88 Å². The average molecular weight is 241 g/mol. The monoisotopic (exact) mass is 241 g/mol. The Kier molecular flexibility index (Phi) is 3.78. The molecule has 1 saturated heterocycles. The first-order valence-corrected chi connectivity index (χ1v) is 6.56. The van der Waals surface area contributed by atoms with E-state index in [4.69, 9.17) is 0 Å². The topological polar surface area (TPSA) is 39.6 Å². The molecule has 1 aromatic rings. The lowest BCUT2D eigenvalue weighted by Gasteiger charge is -2.19. The smallest absolute Gasteiger partial charge is 0.185 e. The lowest BCUT2D eigenvalue weighted by atomic mass is 10.4. The number of rotatable bonds is 2. The summed E-state index contributed by atoms with van der Waals surface area (Å²) in [5.74, 6) is 0. The lowest BCUT2D eigenvalue weighted by molar-refractivity contribution is 0.203. The van der Waals surface area contributed by atoms with Gasteiger partial charge in [-0.2, -0.15) is 0 Å². The van der Waals surface area contributed by atoms with Crippen LogP contribution in [0.25, 0.3) is 0 Å². The second-order valence-corrected chi connectivity index (χ2v) is 5.41. The molecular weight excluding hydrogens is 222 g/mol. The molecule has 1 N–H and O–H groups in total. The predicted molar refractivity (Wildman–Crippen MR) is 67.1 cm³/mol. The Morgan fingerprint density at radius 3 is 2.88 bits per heavy atom. The molecule has 0 aliphatic carbocycles.